The number of hydrogen-bond donors (Lipinski definition) is 0. The van der Waals surface area contributed by atoms with Crippen LogP contribution in [0, 0.1) is 12.8 Å². The summed E-state index contributed by atoms with van der Waals surface area (Å²) in [4.78, 5) is 4.96. The summed E-state index contributed by atoms with van der Waals surface area (Å²) in [6.07, 6.45) is 3.96. The van der Waals surface area contributed by atoms with E-state index in [0.717, 1.165) is 70.0 Å². The predicted molar refractivity (Wildman–Crippen MR) is 135 cm³/mol. The molecule has 0 N–H and O–H groups in total. The topological polar surface area (TPSA) is 57.8 Å². The van der Waals surface area contributed by atoms with Crippen molar-refractivity contribution in [2.45, 2.75) is 25.8 Å². The molecule has 0 radical (unpaired) electrons. The van der Waals surface area contributed by atoms with Crippen molar-refractivity contribution >= 4 is 33.5 Å². The fourth-order valence-corrected chi connectivity index (χ4v) is 5.64. The lowest BCUT2D eigenvalue weighted by atomic mass is 9.86. The largest absolute Gasteiger partial charge is 0.381 e. The molecule has 1 saturated heterocycles. The lowest BCUT2D eigenvalue weighted by molar-refractivity contribution is 0.0553. The molecule has 172 valence electrons. The molecule has 0 saturated carbocycles. The Morgan fingerprint density at radius 1 is 1.03 bits per heavy atom. The Bertz CT molecular complexity index is 1460. The highest BCUT2D eigenvalue weighted by Crippen LogP contribution is 2.41. The first-order valence-electron chi connectivity index (χ1n) is 11.7. The molecule has 34 heavy (non-hydrogen) atoms. The standard InChI is InChI=1S/C27H26ClN5O/c1-17-26(32(2)31-30-17)20-14-24-25(29-16-20)22-9-8-21(28)15-23(22)33(24)27(18-6-4-3-5-7-18)19-10-12-34-13-11-19/h3-9,14-16,19,27H,10-13H2,1-2H3. The maximum atomic E-state index is 6.54. The minimum Gasteiger partial charge on any atom is -0.381 e. The van der Waals surface area contributed by atoms with Gasteiger partial charge in [-0.05, 0) is 55.5 Å². The molecular formula is C27H26ClN5O. The SMILES string of the molecule is Cc1nnn(C)c1-c1cnc2c3ccc(Cl)cc3n(C(c3ccccc3)C3CCOCC3)c2c1. The van der Waals surface area contributed by atoms with E-state index in [9.17, 15) is 0 Å². The molecule has 1 aliphatic heterocycles. The minimum atomic E-state index is 0.145. The van der Waals surface area contributed by atoms with Crippen LogP contribution in [0.15, 0.2) is 60.8 Å². The number of halogens is 1. The maximum absolute atomic E-state index is 6.54. The molecule has 1 fully saturated rings. The Balaban J connectivity index is 1.67. The van der Waals surface area contributed by atoms with Crippen LogP contribution in [-0.4, -0.2) is 37.8 Å². The summed E-state index contributed by atoms with van der Waals surface area (Å²) in [7, 11) is 1.92. The van der Waals surface area contributed by atoms with E-state index in [1.165, 1.54) is 5.56 Å². The lowest BCUT2D eigenvalue weighted by Crippen LogP contribution is -2.26. The third-order valence-electron chi connectivity index (χ3n) is 7.00. The number of aryl methyl sites for hydroxylation is 2. The fraction of sp³-hybridized carbons (Fsp3) is 0.296. The summed E-state index contributed by atoms with van der Waals surface area (Å²) in [5.74, 6) is 0.442. The molecular weight excluding hydrogens is 446 g/mol. The van der Waals surface area contributed by atoms with Crippen molar-refractivity contribution in [2.24, 2.45) is 13.0 Å². The first-order chi connectivity index (χ1) is 16.6. The Morgan fingerprint density at radius 3 is 2.56 bits per heavy atom. The molecule has 0 bridgehead atoms. The Morgan fingerprint density at radius 2 is 1.82 bits per heavy atom. The van der Waals surface area contributed by atoms with Gasteiger partial charge in [-0.2, -0.15) is 0 Å². The van der Waals surface area contributed by atoms with Crippen molar-refractivity contribution in [3.63, 3.8) is 0 Å². The normalized spacial score (nSPS) is 15.9. The Labute approximate surface area is 203 Å². The van der Waals surface area contributed by atoms with Crippen LogP contribution in [0.5, 0.6) is 0 Å². The maximum Gasteiger partial charge on any atom is 0.0960 e. The van der Waals surface area contributed by atoms with Crippen LogP contribution in [0.3, 0.4) is 0 Å². The predicted octanol–water partition coefficient (Wildman–Crippen LogP) is 5.96. The summed E-state index contributed by atoms with van der Waals surface area (Å²) < 4.78 is 10.0. The fourth-order valence-electron chi connectivity index (χ4n) is 5.48. The van der Waals surface area contributed by atoms with Gasteiger partial charge in [0.15, 0.2) is 0 Å². The second-order valence-electron chi connectivity index (χ2n) is 9.08. The van der Waals surface area contributed by atoms with Crippen molar-refractivity contribution in [2.75, 3.05) is 13.2 Å². The quantitative estimate of drug-likeness (QED) is 0.324. The van der Waals surface area contributed by atoms with Crippen molar-refractivity contribution in [3.8, 4) is 11.3 Å². The smallest absolute Gasteiger partial charge is 0.0960 e. The Hall–Kier alpha value is -3.22. The summed E-state index contributed by atoms with van der Waals surface area (Å²) in [5.41, 5.74) is 7.34. The summed E-state index contributed by atoms with van der Waals surface area (Å²) in [6, 6.07) is 19.3. The van der Waals surface area contributed by atoms with Crippen LogP contribution in [0.2, 0.25) is 5.02 Å². The third-order valence-corrected chi connectivity index (χ3v) is 7.24. The zero-order valence-electron chi connectivity index (χ0n) is 19.3. The highest BCUT2D eigenvalue weighted by atomic mass is 35.5. The van der Waals surface area contributed by atoms with E-state index >= 15 is 0 Å². The van der Waals surface area contributed by atoms with Crippen LogP contribution < -0.4 is 0 Å². The molecule has 6 nitrogen and oxygen atoms in total. The number of pyridine rings is 1. The van der Waals surface area contributed by atoms with E-state index in [1.807, 2.05) is 30.9 Å². The molecule has 5 aromatic rings. The van der Waals surface area contributed by atoms with Crippen LogP contribution >= 0.6 is 11.6 Å². The van der Waals surface area contributed by atoms with Crippen molar-refractivity contribution in [3.05, 3.63) is 77.1 Å². The number of rotatable bonds is 4. The molecule has 2 aromatic carbocycles. The number of benzene rings is 2. The van der Waals surface area contributed by atoms with Gasteiger partial charge in [0.2, 0.25) is 0 Å². The monoisotopic (exact) mass is 471 g/mol. The zero-order chi connectivity index (χ0) is 23.2. The van der Waals surface area contributed by atoms with Crippen molar-refractivity contribution < 1.29 is 4.74 Å². The molecule has 1 aliphatic rings. The van der Waals surface area contributed by atoms with Gasteiger partial charge in [0.05, 0.1) is 34.0 Å². The van der Waals surface area contributed by atoms with Gasteiger partial charge in [0.25, 0.3) is 0 Å². The van der Waals surface area contributed by atoms with E-state index < -0.39 is 0 Å². The second-order valence-corrected chi connectivity index (χ2v) is 9.51. The lowest BCUT2D eigenvalue weighted by Gasteiger charge is -2.33. The third kappa shape index (κ3) is 3.49. The highest BCUT2D eigenvalue weighted by Gasteiger charge is 2.30. The number of fused-ring (bicyclic) bond motifs is 3. The Kier molecular flexibility index (Phi) is 5.35. The van der Waals surface area contributed by atoms with Gasteiger partial charge in [0, 0.05) is 42.4 Å². The molecule has 0 spiro atoms. The molecule has 7 heteroatoms. The first kappa shape index (κ1) is 21.3. The van der Waals surface area contributed by atoms with Gasteiger partial charge < -0.3 is 9.30 Å². The molecule has 6 rings (SSSR count). The van der Waals surface area contributed by atoms with E-state index in [4.69, 9.17) is 21.3 Å². The van der Waals surface area contributed by atoms with Gasteiger partial charge in [-0.1, -0.05) is 47.1 Å². The van der Waals surface area contributed by atoms with Gasteiger partial charge >= 0.3 is 0 Å². The van der Waals surface area contributed by atoms with E-state index in [2.05, 4.69) is 63.4 Å². The number of aromatic nitrogens is 5. The van der Waals surface area contributed by atoms with Crippen LogP contribution in [-0.2, 0) is 11.8 Å². The van der Waals surface area contributed by atoms with Gasteiger partial charge in [-0.3, -0.25) is 4.98 Å². The van der Waals surface area contributed by atoms with Crippen LogP contribution in [0.25, 0.3) is 33.2 Å². The molecule has 4 heterocycles. The summed E-state index contributed by atoms with van der Waals surface area (Å²) in [6.45, 7) is 3.56. The van der Waals surface area contributed by atoms with E-state index in [-0.39, 0.29) is 6.04 Å². The van der Waals surface area contributed by atoms with Gasteiger partial charge in [0.1, 0.15) is 0 Å². The molecule has 0 aliphatic carbocycles. The zero-order valence-corrected chi connectivity index (χ0v) is 20.0. The minimum absolute atomic E-state index is 0.145. The number of ether oxygens (including phenoxy) is 1. The summed E-state index contributed by atoms with van der Waals surface area (Å²) in [5, 5.41) is 10.3. The van der Waals surface area contributed by atoms with Crippen molar-refractivity contribution in [1.29, 1.82) is 0 Å². The van der Waals surface area contributed by atoms with Gasteiger partial charge in [-0.15, -0.1) is 5.10 Å². The average Bonchev–Trinajstić information content (AvgIpc) is 3.36. The molecule has 0 amide bonds. The molecule has 1 unspecified atom stereocenters. The molecule has 1 atom stereocenters. The highest BCUT2D eigenvalue weighted by molar-refractivity contribution is 6.31. The second kappa shape index (κ2) is 8.53. The number of nitrogens with zero attached hydrogens (tertiary/aromatic N) is 5. The molecule has 3 aromatic heterocycles. The first-order valence-corrected chi connectivity index (χ1v) is 12.1. The van der Waals surface area contributed by atoms with Crippen LogP contribution in [0.1, 0.15) is 30.1 Å². The summed E-state index contributed by atoms with van der Waals surface area (Å²) >= 11 is 6.54. The van der Waals surface area contributed by atoms with E-state index in [0.29, 0.717) is 5.92 Å². The van der Waals surface area contributed by atoms with E-state index in [1.54, 1.807) is 0 Å². The average molecular weight is 472 g/mol. The van der Waals surface area contributed by atoms with Gasteiger partial charge in [-0.25, -0.2) is 4.68 Å². The van der Waals surface area contributed by atoms with Crippen molar-refractivity contribution in [1.82, 2.24) is 24.5 Å². The van der Waals surface area contributed by atoms with Crippen LogP contribution in [0.4, 0.5) is 0 Å². The number of hydrogen-bond acceptors (Lipinski definition) is 4.